The van der Waals surface area contributed by atoms with Crippen LogP contribution in [-0.2, 0) is 14.4 Å². The predicted molar refractivity (Wildman–Crippen MR) is 89.9 cm³/mol. The average molecular weight is 343 g/mol. The molecule has 3 amide bonds. The molecule has 2 fully saturated rings. The molecule has 0 saturated carbocycles. The molecule has 0 radical (unpaired) electrons. The van der Waals surface area contributed by atoms with Gasteiger partial charge in [0, 0.05) is 51.6 Å². The van der Waals surface area contributed by atoms with Gasteiger partial charge in [0.15, 0.2) is 0 Å². The van der Waals surface area contributed by atoms with E-state index in [1.807, 2.05) is 6.92 Å². The summed E-state index contributed by atoms with van der Waals surface area (Å²) in [5, 5.41) is 2.59. The van der Waals surface area contributed by atoms with Crippen molar-refractivity contribution in [2.45, 2.75) is 19.4 Å². The lowest BCUT2D eigenvalue weighted by Gasteiger charge is -2.43. The number of rotatable bonds is 4. The Labute approximate surface area is 145 Å². The summed E-state index contributed by atoms with van der Waals surface area (Å²) in [5.41, 5.74) is 1.41. The van der Waals surface area contributed by atoms with Crippen molar-refractivity contribution in [3.63, 3.8) is 0 Å². The van der Waals surface area contributed by atoms with Crippen LogP contribution in [0.4, 0.5) is 0 Å². The molecule has 8 heteroatoms. The normalized spacial score (nSPS) is 21.3. The average Bonchev–Trinajstić information content (AvgIpc) is 2.95. The maximum Gasteiger partial charge on any atom is 0.247 e. The van der Waals surface area contributed by atoms with Gasteiger partial charge >= 0.3 is 0 Å². The summed E-state index contributed by atoms with van der Waals surface area (Å²) in [6, 6.07) is -0.00340. The fourth-order valence-electron chi connectivity index (χ4n) is 3.15. The smallest absolute Gasteiger partial charge is 0.247 e. The number of hydrogen-bond donors (Lipinski definition) is 1. The van der Waals surface area contributed by atoms with E-state index < -0.39 is 0 Å². The Bertz CT molecular complexity index is 712. The second kappa shape index (κ2) is 7.00. The first-order chi connectivity index (χ1) is 12.0. The highest BCUT2D eigenvalue weighted by atomic mass is 16.2. The molecular weight excluding hydrogens is 322 g/mol. The largest absolute Gasteiger partial charge is 0.359 e. The van der Waals surface area contributed by atoms with Gasteiger partial charge in [0.2, 0.25) is 17.7 Å². The highest BCUT2D eigenvalue weighted by Gasteiger charge is 2.42. The SMILES string of the molecule is CNC(=O)C1CC(=O)N(C2CN(C(=O)/C=C(\C)c3cnccn3)C2)C1. The molecule has 3 rings (SSSR count). The first kappa shape index (κ1) is 17.1. The monoisotopic (exact) mass is 343 g/mol. The van der Waals surface area contributed by atoms with Gasteiger partial charge in [-0.1, -0.05) is 0 Å². The molecule has 1 atom stereocenters. The van der Waals surface area contributed by atoms with Crippen molar-refractivity contribution in [3.8, 4) is 0 Å². The molecular formula is C17H21N5O3. The van der Waals surface area contributed by atoms with E-state index in [-0.39, 0.29) is 36.1 Å². The number of carbonyl (C=O) groups is 3. The molecule has 0 bridgehead atoms. The molecule has 132 valence electrons. The van der Waals surface area contributed by atoms with Crippen molar-refractivity contribution < 1.29 is 14.4 Å². The third kappa shape index (κ3) is 3.52. The number of aromatic nitrogens is 2. The van der Waals surface area contributed by atoms with Gasteiger partial charge in [0.05, 0.1) is 23.9 Å². The molecule has 2 aliphatic heterocycles. The number of allylic oxidation sites excluding steroid dienone is 1. The van der Waals surface area contributed by atoms with E-state index in [1.54, 1.807) is 41.5 Å². The fraction of sp³-hybridized carbons (Fsp3) is 0.471. The summed E-state index contributed by atoms with van der Waals surface area (Å²) in [6.45, 7) is 3.24. The molecule has 2 aliphatic rings. The molecule has 0 aliphatic carbocycles. The Hall–Kier alpha value is -2.77. The van der Waals surface area contributed by atoms with Gasteiger partial charge in [-0.3, -0.25) is 24.4 Å². The van der Waals surface area contributed by atoms with Gasteiger partial charge in [0.1, 0.15) is 0 Å². The van der Waals surface area contributed by atoms with Crippen LogP contribution >= 0.6 is 0 Å². The molecule has 0 aromatic carbocycles. The summed E-state index contributed by atoms with van der Waals surface area (Å²) < 4.78 is 0. The molecule has 1 aromatic rings. The van der Waals surface area contributed by atoms with Crippen molar-refractivity contribution >= 4 is 23.3 Å². The Morgan fingerprint density at radius 2 is 2.04 bits per heavy atom. The highest BCUT2D eigenvalue weighted by molar-refractivity contribution is 5.95. The number of carbonyl (C=O) groups excluding carboxylic acids is 3. The quantitative estimate of drug-likeness (QED) is 0.757. The molecule has 1 unspecified atom stereocenters. The molecule has 2 saturated heterocycles. The standard InChI is InChI=1S/C17H21N5O3/c1-11(14-7-19-3-4-20-14)5-15(23)21-9-13(10-21)22-8-12(6-16(22)24)17(25)18-2/h3-5,7,12-13H,6,8-10H2,1-2H3,(H,18,25)/b11-5+. The highest BCUT2D eigenvalue weighted by Crippen LogP contribution is 2.25. The molecule has 25 heavy (non-hydrogen) atoms. The summed E-state index contributed by atoms with van der Waals surface area (Å²) in [7, 11) is 1.57. The second-order valence-electron chi connectivity index (χ2n) is 6.38. The van der Waals surface area contributed by atoms with Crippen molar-refractivity contribution in [3.05, 3.63) is 30.4 Å². The second-order valence-corrected chi connectivity index (χ2v) is 6.38. The molecule has 0 spiro atoms. The maximum absolute atomic E-state index is 12.3. The first-order valence-electron chi connectivity index (χ1n) is 8.24. The summed E-state index contributed by atoms with van der Waals surface area (Å²) in [6.07, 6.45) is 6.56. The van der Waals surface area contributed by atoms with Crippen LogP contribution in [0.3, 0.4) is 0 Å². The van der Waals surface area contributed by atoms with Crippen LogP contribution in [0.15, 0.2) is 24.7 Å². The minimum absolute atomic E-state index is 0.00340. The Kier molecular flexibility index (Phi) is 4.78. The molecule has 1 N–H and O–H groups in total. The van der Waals surface area contributed by atoms with Crippen molar-refractivity contribution in [1.82, 2.24) is 25.1 Å². The third-order valence-corrected chi connectivity index (χ3v) is 4.70. The van der Waals surface area contributed by atoms with Crippen molar-refractivity contribution in [2.75, 3.05) is 26.7 Å². The lowest BCUT2D eigenvalue weighted by Crippen LogP contribution is -2.61. The van der Waals surface area contributed by atoms with Crippen LogP contribution in [0.5, 0.6) is 0 Å². The molecule has 8 nitrogen and oxygen atoms in total. The summed E-state index contributed by atoms with van der Waals surface area (Å²) in [4.78, 5) is 47.6. The zero-order valence-corrected chi connectivity index (χ0v) is 14.3. The van der Waals surface area contributed by atoms with Crippen LogP contribution in [-0.4, -0.2) is 70.2 Å². The van der Waals surface area contributed by atoms with Crippen LogP contribution in [0.25, 0.3) is 5.57 Å². The van der Waals surface area contributed by atoms with Crippen LogP contribution in [0.1, 0.15) is 19.0 Å². The van der Waals surface area contributed by atoms with Crippen LogP contribution in [0, 0.1) is 5.92 Å². The number of hydrogen-bond acceptors (Lipinski definition) is 5. The van der Waals surface area contributed by atoms with Gasteiger partial charge in [-0.15, -0.1) is 0 Å². The van der Waals surface area contributed by atoms with Gasteiger partial charge in [0.25, 0.3) is 0 Å². The number of likely N-dealkylation sites (tertiary alicyclic amines) is 2. The summed E-state index contributed by atoms with van der Waals surface area (Å²) in [5.74, 6) is -0.516. The first-order valence-corrected chi connectivity index (χ1v) is 8.24. The number of amides is 3. The Morgan fingerprint density at radius 1 is 1.28 bits per heavy atom. The lowest BCUT2D eigenvalue weighted by atomic mass is 10.1. The Balaban J connectivity index is 1.55. The lowest BCUT2D eigenvalue weighted by molar-refractivity contribution is -0.140. The van der Waals surface area contributed by atoms with Crippen LogP contribution < -0.4 is 5.32 Å². The fourth-order valence-corrected chi connectivity index (χ4v) is 3.15. The number of nitrogens with zero attached hydrogens (tertiary/aromatic N) is 4. The zero-order chi connectivity index (χ0) is 18.0. The molecule has 3 heterocycles. The zero-order valence-electron chi connectivity index (χ0n) is 14.3. The molecule has 1 aromatic heterocycles. The van der Waals surface area contributed by atoms with E-state index in [1.165, 1.54) is 0 Å². The van der Waals surface area contributed by atoms with E-state index in [2.05, 4.69) is 15.3 Å². The minimum atomic E-state index is -0.291. The topological polar surface area (TPSA) is 95.5 Å². The van der Waals surface area contributed by atoms with E-state index in [9.17, 15) is 14.4 Å². The maximum atomic E-state index is 12.3. The van der Waals surface area contributed by atoms with Gasteiger partial charge in [-0.25, -0.2) is 0 Å². The van der Waals surface area contributed by atoms with Gasteiger partial charge < -0.3 is 15.1 Å². The summed E-state index contributed by atoms with van der Waals surface area (Å²) >= 11 is 0. The van der Waals surface area contributed by atoms with Gasteiger partial charge in [-0.05, 0) is 12.5 Å². The van der Waals surface area contributed by atoms with E-state index >= 15 is 0 Å². The van der Waals surface area contributed by atoms with E-state index in [0.717, 1.165) is 5.57 Å². The predicted octanol–water partition coefficient (Wildman–Crippen LogP) is -0.315. The number of nitrogens with one attached hydrogen (secondary N) is 1. The van der Waals surface area contributed by atoms with Crippen LogP contribution in [0.2, 0.25) is 0 Å². The van der Waals surface area contributed by atoms with Crippen molar-refractivity contribution in [2.24, 2.45) is 5.92 Å². The van der Waals surface area contributed by atoms with E-state index in [4.69, 9.17) is 0 Å². The Morgan fingerprint density at radius 3 is 2.68 bits per heavy atom. The minimum Gasteiger partial charge on any atom is -0.359 e. The van der Waals surface area contributed by atoms with Crippen molar-refractivity contribution in [1.29, 1.82) is 0 Å². The third-order valence-electron chi connectivity index (χ3n) is 4.70. The van der Waals surface area contributed by atoms with E-state index in [0.29, 0.717) is 25.3 Å². The van der Waals surface area contributed by atoms with Gasteiger partial charge in [-0.2, -0.15) is 0 Å².